The molecule has 1 aromatic carbocycles. The Labute approximate surface area is 135 Å². The molecule has 6 nitrogen and oxygen atoms in total. The molecule has 3 rings (SSSR count). The predicted octanol–water partition coefficient (Wildman–Crippen LogP) is 1.72. The molecule has 0 spiro atoms. The topological polar surface area (TPSA) is 56.6 Å². The summed E-state index contributed by atoms with van der Waals surface area (Å²) >= 11 is 0. The number of rotatable bonds is 4. The van der Waals surface area contributed by atoms with Crippen molar-refractivity contribution >= 4 is 5.97 Å². The number of hydrogen-bond acceptors (Lipinski definition) is 5. The molecule has 0 bridgehead atoms. The number of methoxy groups -OCH3 is 2. The summed E-state index contributed by atoms with van der Waals surface area (Å²) in [5.41, 5.74) is 4.10. The van der Waals surface area contributed by atoms with Crippen LogP contribution in [-0.4, -0.2) is 48.5 Å². The fourth-order valence-corrected chi connectivity index (χ4v) is 3.00. The highest BCUT2D eigenvalue weighted by Gasteiger charge is 2.26. The molecule has 0 fully saturated rings. The third-order valence-corrected chi connectivity index (χ3v) is 4.19. The minimum atomic E-state index is -0.291. The second kappa shape index (κ2) is 6.42. The van der Waals surface area contributed by atoms with Gasteiger partial charge >= 0.3 is 5.97 Å². The molecular weight excluding hydrogens is 294 g/mol. The molecule has 2 heterocycles. The molecule has 23 heavy (non-hydrogen) atoms. The van der Waals surface area contributed by atoms with Gasteiger partial charge < -0.3 is 14.4 Å². The number of esters is 1. The van der Waals surface area contributed by atoms with Gasteiger partial charge in [-0.3, -0.25) is 9.48 Å². The first-order valence-electron chi connectivity index (χ1n) is 7.61. The Bertz CT molecular complexity index is 724. The van der Waals surface area contributed by atoms with Gasteiger partial charge in [-0.1, -0.05) is 12.1 Å². The summed E-state index contributed by atoms with van der Waals surface area (Å²) in [7, 11) is 5.14. The number of ether oxygens (including phenoxy) is 2. The second-order valence-corrected chi connectivity index (χ2v) is 5.70. The lowest BCUT2D eigenvalue weighted by molar-refractivity contribution is -0.141. The van der Waals surface area contributed by atoms with E-state index in [1.54, 1.807) is 11.8 Å². The van der Waals surface area contributed by atoms with E-state index in [0.29, 0.717) is 0 Å². The Kier molecular flexibility index (Phi) is 4.34. The zero-order chi connectivity index (χ0) is 16.4. The number of likely N-dealkylation sites (N-methyl/N-ethyl adjacent to an activating group) is 1. The molecule has 1 aliphatic heterocycles. The van der Waals surface area contributed by atoms with Crippen molar-refractivity contribution in [3.05, 3.63) is 35.5 Å². The van der Waals surface area contributed by atoms with Gasteiger partial charge in [-0.25, -0.2) is 0 Å². The Morgan fingerprint density at radius 1 is 1.30 bits per heavy atom. The number of nitrogens with zero attached hydrogens (tertiary/aromatic N) is 3. The van der Waals surface area contributed by atoms with Gasteiger partial charge in [0.15, 0.2) is 0 Å². The molecule has 0 unspecified atom stereocenters. The number of aromatic nitrogens is 2. The zero-order valence-electron chi connectivity index (χ0n) is 13.7. The van der Waals surface area contributed by atoms with E-state index in [-0.39, 0.29) is 12.5 Å². The van der Waals surface area contributed by atoms with Gasteiger partial charge in [0, 0.05) is 36.3 Å². The van der Waals surface area contributed by atoms with Crippen LogP contribution in [0.25, 0.3) is 11.3 Å². The summed E-state index contributed by atoms with van der Waals surface area (Å²) in [6, 6.07) is 7.83. The lowest BCUT2D eigenvalue weighted by Crippen LogP contribution is -2.28. The first-order chi connectivity index (χ1) is 11.1. The van der Waals surface area contributed by atoms with Crippen LogP contribution in [0.15, 0.2) is 24.3 Å². The molecule has 0 atom stereocenters. The van der Waals surface area contributed by atoms with Gasteiger partial charge in [0.2, 0.25) is 0 Å². The van der Waals surface area contributed by atoms with Crippen LogP contribution in [0.3, 0.4) is 0 Å². The molecule has 2 aromatic rings. The molecule has 0 radical (unpaired) electrons. The fourth-order valence-electron chi connectivity index (χ4n) is 3.00. The third-order valence-electron chi connectivity index (χ3n) is 4.19. The Balaban J connectivity index is 2.11. The highest BCUT2D eigenvalue weighted by Crippen LogP contribution is 2.34. The standard InChI is InChI=1S/C17H21N3O3/c1-19-9-8-14-13(10-19)17(18-20(14)11-16(21)23-3)12-6-4-5-7-15(12)22-2/h4-7H,8-11H2,1-3H3. The van der Waals surface area contributed by atoms with E-state index in [9.17, 15) is 4.79 Å². The second-order valence-electron chi connectivity index (χ2n) is 5.70. The smallest absolute Gasteiger partial charge is 0.327 e. The first kappa shape index (κ1) is 15.6. The number of fused-ring (bicyclic) bond motifs is 1. The van der Waals surface area contributed by atoms with Gasteiger partial charge in [-0.2, -0.15) is 5.10 Å². The van der Waals surface area contributed by atoms with Crippen LogP contribution in [0.4, 0.5) is 0 Å². The molecule has 1 aromatic heterocycles. The minimum absolute atomic E-state index is 0.137. The largest absolute Gasteiger partial charge is 0.496 e. The molecular formula is C17H21N3O3. The maximum atomic E-state index is 11.7. The quantitative estimate of drug-likeness (QED) is 0.804. The van der Waals surface area contributed by atoms with Crippen LogP contribution >= 0.6 is 0 Å². The fraction of sp³-hybridized carbons (Fsp3) is 0.412. The summed E-state index contributed by atoms with van der Waals surface area (Å²) in [6.45, 7) is 1.90. The van der Waals surface area contributed by atoms with Gasteiger partial charge in [-0.05, 0) is 19.2 Å². The average molecular weight is 315 g/mol. The van der Waals surface area contributed by atoms with Crippen molar-refractivity contribution in [1.29, 1.82) is 0 Å². The molecule has 122 valence electrons. The molecule has 0 amide bonds. The lowest BCUT2D eigenvalue weighted by Gasteiger charge is -2.23. The van der Waals surface area contributed by atoms with Crippen molar-refractivity contribution in [2.45, 2.75) is 19.5 Å². The summed E-state index contributed by atoms with van der Waals surface area (Å²) < 4.78 is 12.0. The molecule has 1 aliphatic rings. The lowest BCUT2D eigenvalue weighted by atomic mass is 10.0. The SMILES string of the molecule is COC(=O)Cn1nc(-c2ccccc2OC)c2c1CCN(C)C2. The van der Waals surface area contributed by atoms with Crippen molar-refractivity contribution in [1.82, 2.24) is 14.7 Å². The highest BCUT2D eigenvalue weighted by atomic mass is 16.5. The van der Waals surface area contributed by atoms with E-state index in [2.05, 4.69) is 11.9 Å². The molecule has 0 N–H and O–H groups in total. The number of carbonyl (C=O) groups excluding carboxylic acids is 1. The van der Waals surface area contributed by atoms with Crippen LogP contribution in [0.1, 0.15) is 11.3 Å². The first-order valence-corrected chi connectivity index (χ1v) is 7.61. The van der Waals surface area contributed by atoms with Gasteiger partial charge in [0.05, 0.1) is 14.2 Å². The van der Waals surface area contributed by atoms with Gasteiger partial charge in [0.25, 0.3) is 0 Å². The summed E-state index contributed by atoms with van der Waals surface area (Å²) in [5.74, 6) is 0.493. The number of para-hydroxylation sites is 1. The molecule has 0 aliphatic carbocycles. The van der Waals surface area contributed by atoms with Crippen molar-refractivity contribution in [2.24, 2.45) is 0 Å². The van der Waals surface area contributed by atoms with Gasteiger partial charge in [0.1, 0.15) is 18.0 Å². The summed E-state index contributed by atoms with van der Waals surface area (Å²) in [4.78, 5) is 13.9. The Morgan fingerprint density at radius 3 is 2.83 bits per heavy atom. The van der Waals surface area contributed by atoms with Crippen LogP contribution in [0, 0.1) is 0 Å². The molecule has 6 heteroatoms. The zero-order valence-corrected chi connectivity index (χ0v) is 13.7. The van der Waals surface area contributed by atoms with Crippen LogP contribution in [-0.2, 0) is 29.0 Å². The van der Waals surface area contributed by atoms with Gasteiger partial charge in [-0.15, -0.1) is 0 Å². The summed E-state index contributed by atoms with van der Waals surface area (Å²) in [5, 5.41) is 4.70. The van der Waals surface area contributed by atoms with E-state index < -0.39 is 0 Å². The van der Waals surface area contributed by atoms with Crippen molar-refractivity contribution < 1.29 is 14.3 Å². The van der Waals surface area contributed by atoms with Crippen molar-refractivity contribution in [2.75, 3.05) is 27.8 Å². The van der Waals surface area contributed by atoms with E-state index in [1.807, 2.05) is 24.3 Å². The number of benzene rings is 1. The Morgan fingerprint density at radius 2 is 2.09 bits per heavy atom. The maximum Gasteiger partial charge on any atom is 0.327 e. The van der Waals surface area contributed by atoms with Crippen LogP contribution in [0.2, 0.25) is 0 Å². The van der Waals surface area contributed by atoms with Crippen molar-refractivity contribution in [3.63, 3.8) is 0 Å². The van der Waals surface area contributed by atoms with E-state index >= 15 is 0 Å². The average Bonchev–Trinajstić information content (AvgIpc) is 2.92. The van der Waals surface area contributed by atoms with E-state index in [0.717, 1.165) is 47.8 Å². The maximum absolute atomic E-state index is 11.7. The van der Waals surface area contributed by atoms with Crippen LogP contribution in [0.5, 0.6) is 5.75 Å². The predicted molar refractivity (Wildman–Crippen MR) is 86.3 cm³/mol. The highest BCUT2D eigenvalue weighted by molar-refractivity contribution is 5.72. The normalized spacial score (nSPS) is 14.4. The molecule has 0 saturated carbocycles. The Hall–Kier alpha value is -2.34. The van der Waals surface area contributed by atoms with E-state index in [4.69, 9.17) is 14.6 Å². The third kappa shape index (κ3) is 2.94. The number of carbonyl (C=O) groups is 1. The minimum Gasteiger partial charge on any atom is -0.496 e. The monoisotopic (exact) mass is 315 g/mol. The van der Waals surface area contributed by atoms with Crippen LogP contribution < -0.4 is 4.74 Å². The number of hydrogen-bond donors (Lipinski definition) is 0. The van der Waals surface area contributed by atoms with E-state index in [1.165, 1.54) is 7.11 Å². The molecule has 0 saturated heterocycles. The summed E-state index contributed by atoms with van der Waals surface area (Å²) in [6.07, 6.45) is 0.866. The van der Waals surface area contributed by atoms with Crippen molar-refractivity contribution in [3.8, 4) is 17.0 Å².